The van der Waals surface area contributed by atoms with Crippen LogP contribution in [0.3, 0.4) is 0 Å². The van der Waals surface area contributed by atoms with Crippen molar-refractivity contribution in [2.24, 2.45) is 0 Å². The van der Waals surface area contributed by atoms with Crippen molar-refractivity contribution in [3.63, 3.8) is 0 Å². The van der Waals surface area contributed by atoms with Gasteiger partial charge >= 0.3 is 0 Å². The van der Waals surface area contributed by atoms with Crippen LogP contribution in [0.1, 0.15) is 0 Å². The van der Waals surface area contributed by atoms with Gasteiger partial charge in [0.05, 0.1) is 19.8 Å². The van der Waals surface area contributed by atoms with Gasteiger partial charge in [-0.25, -0.2) is 0 Å². The van der Waals surface area contributed by atoms with Crippen molar-refractivity contribution < 1.29 is 9.53 Å². The van der Waals surface area contributed by atoms with Gasteiger partial charge in [0.1, 0.15) is 5.51 Å². The highest BCUT2D eigenvalue weighted by molar-refractivity contribution is 7.13. The third-order valence-corrected chi connectivity index (χ3v) is 2.68. The van der Waals surface area contributed by atoms with Crippen LogP contribution in [0.4, 0.5) is 5.13 Å². The normalized spacial score (nSPS) is 17.6. The number of hydrogen-bond acceptors (Lipinski definition) is 6. The summed E-state index contributed by atoms with van der Waals surface area (Å²) in [7, 11) is 0. The summed E-state index contributed by atoms with van der Waals surface area (Å²) in [6.07, 6.45) is 0. The van der Waals surface area contributed by atoms with E-state index in [-0.39, 0.29) is 5.91 Å². The molecule has 1 aliphatic rings. The zero-order valence-corrected chi connectivity index (χ0v) is 9.00. The number of nitrogens with zero attached hydrogens (tertiary/aromatic N) is 3. The molecule has 0 spiro atoms. The number of rotatable bonds is 3. The molecule has 1 aromatic rings. The Balaban J connectivity index is 1.76. The summed E-state index contributed by atoms with van der Waals surface area (Å²) in [5, 5.41) is 10.6. The smallest absolute Gasteiger partial charge is 0.240 e. The molecule has 15 heavy (non-hydrogen) atoms. The Kier molecular flexibility index (Phi) is 3.59. The van der Waals surface area contributed by atoms with E-state index in [9.17, 15) is 4.79 Å². The van der Waals surface area contributed by atoms with Gasteiger partial charge in [-0.2, -0.15) is 0 Å². The number of carbonyl (C=O) groups excluding carboxylic acids is 1. The Morgan fingerprint density at radius 1 is 1.60 bits per heavy atom. The van der Waals surface area contributed by atoms with Crippen molar-refractivity contribution in [1.29, 1.82) is 0 Å². The summed E-state index contributed by atoms with van der Waals surface area (Å²) in [6.45, 7) is 3.41. The van der Waals surface area contributed by atoms with E-state index in [1.165, 1.54) is 11.3 Å². The summed E-state index contributed by atoms with van der Waals surface area (Å²) < 4.78 is 5.19. The van der Waals surface area contributed by atoms with Crippen LogP contribution in [0.2, 0.25) is 0 Å². The van der Waals surface area contributed by atoms with E-state index < -0.39 is 0 Å². The zero-order valence-electron chi connectivity index (χ0n) is 8.18. The second-order valence-corrected chi connectivity index (χ2v) is 4.01. The lowest BCUT2D eigenvalue weighted by molar-refractivity contribution is -0.118. The van der Waals surface area contributed by atoms with Crippen LogP contribution in [0.25, 0.3) is 0 Å². The molecule has 0 aromatic carbocycles. The molecule has 0 radical (unpaired) electrons. The van der Waals surface area contributed by atoms with Crippen LogP contribution in [0, 0.1) is 0 Å². The monoisotopic (exact) mass is 228 g/mol. The number of anilines is 1. The van der Waals surface area contributed by atoms with Crippen molar-refractivity contribution in [1.82, 2.24) is 15.1 Å². The Hall–Kier alpha value is -1.05. The SMILES string of the molecule is O=C(CN1CCOCC1)Nc1nncs1. The fourth-order valence-corrected chi connectivity index (χ4v) is 1.81. The number of ether oxygens (including phenoxy) is 1. The van der Waals surface area contributed by atoms with E-state index in [2.05, 4.69) is 20.4 Å². The first-order valence-corrected chi connectivity index (χ1v) is 5.58. The summed E-state index contributed by atoms with van der Waals surface area (Å²) in [5.41, 5.74) is 1.59. The van der Waals surface area contributed by atoms with Gasteiger partial charge in [0.2, 0.25) is 11.0 Å². The Bertz CT molecular complexity index is 310. The van der Waals surface area contributed by atoms with Crippen LogP contribution in [-0.4, -0.2) is 53.9 Å². The van der Waals surface area contributed by atoms with Crippen molar-refractivity contribution in [2.45, 2.75) is 0 Å². The molecule has 1 aromatic heterocycles. The minimum atomic E-state index is -0.0475. The van der Waals surface area contributed by atoms with Crippen LogP contribution in [0.15, 0.2) is 5.51 Å². The first-order valence-electron chi connectivity index (χ1n) is 4.71. The van der Waals surface area contributed by atoms with E-state index in [1.54, 1.807) is 5.51 Å². The lowest BCUT2D eigenvalue weighted by atomic mass is 10.4. The number of morpholine rings is 1. The van der Waals surface area contributed by atoms with E-state index in [1.807, 2.05) is 0 Å². The van der Waals surface area contributed by atoms with Gasteiger partial charge in [0.15, 0.2) is 0 Å². The molecule has 0 unspecified atom stereocenters. The average Bonchev–Trinajstić information content (AvgIpc) is 2.71. The molecule has 1 fully saturated rings. The minimum Gasteiger partial charge on any atom is -0.379 e. The predicted octanol–water partition coefficient (Wildman–Crippen LogP) is -0.191. The van der Waals surface area contributed by atoms with E-state index in [0.29, 0.717) is 24.9 Å². The third-order valence-electron chi connectivity index (χ3n) is 2.08. The van der Waals surface area contributed by atoms with Gasteiger partial charge in [0, 0.05) is 13.1 Å². The molecule has 82 valence electrons. The lowest BCUT2D eigenvalue weighted by Gasteiger charge is -2.25. The Labute approximate surface area is 91.2 Å². The summed E-state index contributed by atoms with van der Waals surface area (Å²) in [5.74, 6) is -0.0475. The second-order valence-electron chi connectivity index (χ2n) is 3.18. The molecular weight excluding hydrogens is 216 g/mol. The fourth-order valence-electron chi connectivity index (χ4n) is 1.35. The number of aromatic nitrogens is 2. The highest BCUT2D eigenvalue weighted by Gasteiger charge is 2.14. The summed E-state index contributed by atoms with van der Waals surface area (Å²) in [6, 6.07) is 0. The number of amides is 1. The van der Waals surface area contributed by atoms with Gasteiger partial charge in [-0.1, -0.05) is 11.3 Å². The minimum absolute atomic E-state index is 0.0475. The lowest BCUT2D eigenvalue weighted by Crippen LogP contribution is -2.41. The molecule has 1 N–H and O–H groups in total. The first-order chi connectivity index (χ1) is 7.34. The van der Waals surface area contributed by atoms with Crippen molar-refractivity contribution in [3.8, 4) is 0 Å². The third kappa shape index (κ3) is 3.22. The quantitative estimate of drug-likeness (QED) is 0.776. The molecule has 6 nitrogen and oxygen atoms in total. The van der Waals surface area contributed by atoms with Crippen LogP contribution in [-0.2, 0) is 9.53 Å². The van der Waals surface area contributed by atoms with E-state index >= 15 is 0 Å². The highest BCUT2D eigenvalue weighted by atomic mass is 32.1. The topological polar surface area (TPSA) is 67.3 Å². The molecule has 0 atom stereocenters. The molecule has 2 heterocycles. The van der Waals surface area contributed by atoms with E-state index in [0.717, 1.165) is 13.1 Å². The summed E-state index contributed by atoms with van der Waals surface area (Å²) in [4.78, 5) is 13.6. The molecule has 0 aliphatic carbocycles. The zero-order chi connectivity index (χ0) is 10.5. The second kappa shape index (κ2) is 5.15. The fraction of sp³-hybridized carbons (Fsp3) is 0.625. The number of hydrogen-bond donors (Lipinski definition) is 1. The number of carbonyl (C=O) groups is 1. The van der Waals surface area contributed by atoms with Gasteiger partial charge in [-0.15, -0.1) is 10.2 Å². The summed E-state index contributed by atoms with van der Waals surface area (Å²) >= 11 is 1.32. The molecule has 1 aliphatic heterocycles. The molecule has 7 heteroatoms. The van der Waals surface area contributed by atoms with E-state index in [4.69, 9.17) is 4.74 Å². The van der Waals surface area contributed by atoms with Crippen LogP contribution in [0.5, 0.6) is 0 Å². The van der Waals surface area contributed by atoms with Gasteiger partial charge in [-0.05, 0) is 0 Å². The van der Waals surface area contributed by atoms with Crippen LogP contribution >= 0.6 is 11.3 Å². The van der Waals surface area contributed by atoms with Crippen molar-refractivity contribution in [2.75, 3.05) is 38.2 Å². The Morgan fingerprint density at radius 2 is 2.40 bits per heavy atom. The maximum Gasteiger partial charge on any atom is 0.240 e. The average molecular weight is 228 g/mol. The predicted molar refractivity (Wildman–Crippen MR) is 55.8 cm³/mol. The molecule has 2 rings (SSSR count). The van der Waals surface area contributed by atoms with Crippen LogP contribution < -0.4 is 5.32 Å². The van der Waals surface area contributed by atoms with Crippen molar-refractivity contribution in [3.05, 3.63) is 5.51 Å². The maximum absolute atomic E-state index is 11.5. The Morgan fingerprint density at radius 3 is 3.07 bits per heavy atom. The molecular formula is C8H12N4O2S. The standard InChI is InChI=1S/C8H12N4O2S/c13-7(10-8-11-9-6-15-8)5-12-1-3-14-4-2-12/h6H,1-5H2,(H,10,11,13). The maximum atomic E-state index is 11.5. The molecule has 0 bridgehead atoms. The van der Waals surface area contributed by atoms with Gasteiger partial charge in [-0.3, -0.25) is 15.0 Å². The highest BCUT2D eigenvalue weighted by Crippen LogP contribution is 2.07. The van der Waals surface area contributed by atoms with Gasteiger partial charge < -0.3 is 4.74 Å². The van der Waals surface area contributed by atoms with Gasteiger partial charge in [0.25, 0.3) is 0 Å². The molecule has 1 saturated heterocycles. The van der Waals surface area contributed by atoms with Crippen molar-refractivity contribution >= 4 is 22.4 Å². The first kappa shape index (κ1) is 10.5. The number of nitrogens with one attached hydrogen (secondary N) is 1. The molecule has 1 amide bonds. The molecule has 0 saturated carbocycles. The largest absolute Gasteiger partial charge is 0.379 e.